The van der Waals surface area contributed by atoms with Crippen LogP contribution in [0.4, 0.5) is 0 Å². The van der Waals surface area contributed by atoms with Gasteiger partial charge in [-0.25, -0.2) is 0 Å². The van der Waals surface area contributed by atoms with Gasteiger partial charge in [0.2, 0.25) is 0 Å². The van der Waals surface area contributed by atoms with Crippen LogP contribution in [0.1, 0.15) is 28.8 Å². The Morgan fingerprint density at radius 1 is 1.38 bits per heavy atom. The maximum atomic E-state index is 10.5. The van der Waals surface area contributed by atoms with Crippen molar-refractivity contribution in [3.05, 3.63) is 35.4 Å². The first kappa shape index (κ1) is 8.07. The number of benzene rings is 1. The van der Waals surface area contributed by atoms with E-state index in [1.165, 1.54) is 12.8 Å². The summed E-state index contributed by atoms with van der Waals surface area (Å²) in [6, 6.07) is 7.40. The summed E-state index contributed by atoms with van der Waals surface area (Å²) in [4.78, 5) is 10.5. The molecular formula is C12H10O. The number of carbonyl (C=O) groups excluding carboxylic acids is 1. The molecule has 64 valence electrons. The van der Waals surface area contributed by atoms with Crippen LogP contribution in [0.25, 0.3) is 0 Å². The second-order valence-corrected chi connectivity index (χ2v) is 3.29. The molecule has 13 heavy (non-hydrogen) atoms. The molecule has 1 aliphatic rings. The fourth-order valence-corrected chi connectivity index (χ4v) is 1.10. The molecule has 1 nitrogen and oxygen atoms in total. The van der Waals surface area contributed by atoms with Crippen LogP contribution in [0.15, 0.2) is 24.3 Å². The van der Waals surface area contributed by atoms with E-state index in [1.807, 2.05) is 18.2 Å². The number of aldehydes is 1. The van der Waals surface area contributed by atoms with Crippen molar-refractivity contribution < 1.29 is 4.79 Å². The third-order valence-corrected chi connectivity index (χ3v) is 2.02. The first-order chi connectivity index (χ1) is 6.38. The van der Waals surface area contributed by atoms with Crippen molar-refractivity contribution in [3.63, 3.8) is 0 Å². The van der Waals surface area contributed by atoms with Crippen molar-refractivity contribution in [2.75, 3.05) is 0 Å². The van der Waals surface area contributed by atoms with Gasteiger partial charge in [-0.2, -0.15) is 0 Å². The quantitative estimate of drug-likeness (QED) is 0.466. The Labute approximate surface area is 77.8 Å². The van der Waals surface area contributed by atoms with E-state index >= 15 is 0 Å². The molecule has 0 aromatic heterocycles. The normalized spacial score (nSPS) is 14.5. The van der Waals surface area contributed by atoms with Gasteiger partial charge < -0.3 is 0 Å². The van der Waals surface area contributed by atoms with Crippen LogP contribution in [0.5, 0.6) is 0 Å². The third kappa shape index (κ3) is 2.19. The highest BCUT2D eigenvalue weighted by atomic mass is 16.1. The summed E-state index contributed by atoms with van der Waals surface area (Å²) in [5, 5.41) is 0. The molecule has 1 aromatic carbocycles. The lowest BCUT2D eigenvalue weighted by Gasteiger charge is -1.90. The van der Waals surface area contributed by atoms with Gasteiger partial charge in [-0.05, 0) is 25.0 Å². The SMILES string of the molecule is O=Cc1cccc(C#CC2CC2)c1. The van der Waals surface area contributed by atoms with E-state index in [4.69, 9.17) is 0 Å². The summed E-state index contributed by atoms with van der Waals surface area (Å²) >= 11 is 0. The minimum atomic E-state index is 0.611. The smallest absolute Gasteiger partial charge is 0.150 e. The fraction of sp³-hybridized carbons (Fsp3) is 0.250. The maximum absolute atomic E-state index is 10.5. The van der Waals surface area contributed by atoms with Crippen LogP contribution in [0, 0.1) is 17.8 Å². The zero-order chi connectivity index (χ0) is 9.10. The Kier molecular flexibility index (Phi) is 2.14. The van der Waals surface area contributed by atoms with Gasteiger partial charge in [0.25, 0.3) is 0 Å². The van der Waals surface area contributed by atoms with Crippen molar-refractivity contribution in [1.82, 2.24) is 0 Å². The van der Waals surface area contributed by atoms with Crippen LogP contribution in [0.2, 0.25) is 0 Å². The Hall–Kier alpha value is -1.55. The summed E-state index contributed by atoms with van der Waals surface area (Å²) in [6.45, 7) is 0. The summed E-state index contributed by atoms with van der Waals surface area (Å²) in [7, 11) is 0. The highest BCUT2D eigenvalue weighted by Crippen LogP contribution is 2.27. The molecule has 1 fully saturated rings. The van der Waals surface area contributed by atoms with Crippen molar-refractivity contribution in [2.24, 2.45) is 5.92 Å². The predicted octanol–water partition coefficient (Wildman–Crippen LogP) is 2.26. The van der Waals surface area contributed by atoms with E-state index in [1.54, 1.807) is 6.07 Å². The third-order valence-electron chi connectivity index (χ3n) is 2.02. The molecule has 0 N–H and O–H groups in total. The van der Waals surface area contributed by atoms with E-state index in [9.17, 15) is 4.79 Å². The predicted molar refractivity (Wildman–Crippen MR) is 51.4 cm³/mol. The lowest BCUT2D eigenvalue weighted by Crippen LogP contribution is -1.80. The summed E-state index contributed by atoms with van der Waals surface area (Å²) < 4.78 is 0. The molecule has 0 amide bonds. The van der Waals surface area contributed by atoms with Crippen molar-refractivity contribution >= 4 is 6.29 Å². The highest BCUT2D eigenvalue weighted by molar-refractivity contribution is 5.75. The first-order valence-corrected chi connectivity index (χ1v) is 4.45. The van der Waals surface area contributed by atoms with Crippen LogP contribution in [0.3, 0.4) is 0 Å². The highest BCUT2D eigenvalue weighted by Gasteiger charge is 2.17. The molecule has 0 aliphatic heterocycles. The molecule has 0 heterocycles. The molecule has 1 saturated carbocycles. The van der Waals surface area contributed by atoms with Crippen molar-refractivity contribution in [1.29, 1.82) is 0 Å². The van der Waals surface area contributed by atoms with Gasteiger partial charge in [-0.1, -0.05) is 24.0 Å². The van der Waals surface area contributed by atoms with Crippen LogP contribution in [-0.2, 0) is 0 Å². The van der Waals surface area contributed by atoms with E-state index in [0.29, 0.717) is 11.5 Å². The molecule has 0 unspecified atom stereocenters. The van der Waals surface area contributed by atoms with Crippen LogP contribution >= 0.6 is 0 Å². The van der Waals surface area contributed by atoms with Crippen LogP contribution < -0.4 is 0 Å². The Bertz CT molecular complexity index is 378. The molecule has 0 saturated heterocycles. The van der Waals surface area contributed by atoms with Crippen molar-refractivity contribution in [3.8, 4) is 11.8 Å². The molecule has 1 aromatic rings. The molecule has 0 atom stereocenters. The average molecular weight is 170 g/mol. The Morgan fingerprint density at radius 3 is 2.92 bits per heavy atom. The largest absolute Gasteiger partial charge is 0.298 e. The number of carbonyl (C=O) groups is 1. The summed E-state index contributed by atoms with van der Waals surface area (Å²) in [5.74, 6) is 6.84. The number of hydrogen-bond donors (Lipinski definition) is 0. The van der Waals surface area contributed by atoms with Gasteiger partial charge in [-0.15, -0.1) is 0 Å². The Morgan fingerprint density at radius 2 is 2.23 bits per heavy atom. The molecule has 0 radical (unpaired) electrons. The van der Waals surface area contributed by atoms with Crippen LogP contribution in [-0.4, -0.2) is 6.29 Å². The summed E-state index contributed by atoms with van der Waals surface area (Å²) in [6.07, 6.45) is 3.32. The van der Waals surface area contributed by atoms with E-state index in [0.717, 1.165) is 11.8 Å². The fourth-order valence-electron chi connectivity index (χ4n) is 1.10. The van der Waals surface area contributed by atoms with Gasteiger partial charge in [0, 0.05) is 17.0 Å². The zero-order valence-electron chi connectivity index (χ0n) is 7.29. The second-order valence-electron chi connectivity index (χ2n) is 3.29. The molecule has 0 bridgehead atoms. The van der Waals surface area contributed by atoms with Crippen molar-refractivity contribution in [2.45, 2.75) is 12.8 Å². The van der Waals surface area contributed by atoms with Gasteiger partial charge >= 0.3 is 0 Å². The lowest BCUT2D eigenvalue weighted by molar-refractivity contribution is 0.112. The van der Waals surface area contributed by atoms with Gasteiger partial charge in [0.05, 0.1) is 0 Å². The zero-order valence-corrected chi connectivity index (χ0v) is 7.29. The van der Waals surface area contributed by atoms with E-state index in [2.05, 4.69) is 11.8 Å². The number of rotatable bonds is 1. The Balaban J connectivity index is 2.20. The average Bonchev–Trinajstić information content (AvgIpc) is 2.99. The molecular weight excluding hydrogens is 160 g/mol. The van der Waals surface area contributed by atoms with E-state index < -0.39 is 0 Å². The lowest BCUT2D eigenvalue weighted by atomic mass is 10.1. The second kappa shape index (κ2) is 3.45. The molecule has 1 heteroatoms. The maximum Gasteiger partial charge on any atom is 0.150 e. The molecule has 0 spiro atoms. The minimum Gasteiger partial charge on any atom is -0.298 e. The topological polar surface area (TPSA) is 17.1 Å². The van der Waals surface area contributed by atoms with Gasteiger partial charge in [-0.3, -0.25) is 4.79 Å². The minimum absolute atomic E-state index is 0.611. The summed E-state index contributed by atoms with van der Waals surface area (Å²) in [5.41, 5.74) is 1.64. The monoisotopic (exact) mass is 170 g/mol. The van der Waals surface area contributed by atoms with Gasteiger partial charge in [0.15, 0.2) is 0 Å². The molecule has 2 rings (SSSR count). The standard InChI is InChI=1S/C12H10O/c13-9-12-3-1-2-11(8-12)7-6-10-4-5-10/h1-3,8-10H,4-5H2. The van der Waals surface area contributed by atoms with Gasteiger partial charge in [0.1, 0.15) is 6.29 Å². The first-order valence-electron chi connectivity index (χ1n) is 4.45. The molecule has 1 aliphatic carbocycles. The number of hydrogen-bond acceptors (Lipinski definition) is 1. The van der Waals surface area contributed by atoms with E-state index in [-0.39, 0.29) is 0 Å².